The van der Waals surface area contributed by atoms with E-state index in [1.807, 2.05) is 0 Å². The van der Waals surface area contributed by atoms with Crippen molar-refractivity contribution < 1.29 is 4.79 Å². The van der Waals surface area contributed by atoms with Gasteiger partial charge < -0.3 is 15.5 Å². The number of likely N-dealkylation sites (tertiary alicyclic amines) is 1. The first-order valence-corrected chi connectivity index (χ1v) is 7.30. The van der Waals surface area contributed by atoms with Crippen molar-refractivity contribution in [2.75, 3.05) is 26.7 Å². The van der Waals surface area contributed by atoms with Gasteiger partial charge in [-0.2, -0.15) is 0 Å². The maximum Gasteiger partial charge on any atom is 0.224 e. The lowest BCUT2D eigenvalue weighted by molar-refractivity contribution is -0.128. The van der Waals surface area contributed by atoms with E-state index in [9.17, 15) is 4.79 Å². The number of amides is 1. The molecule has 4 heteroatoms. The van der Waals surface area contributed by atoms with Crippen molar-refractivity contribution in [2.24, 2.45) is 11.8 Å². The number of carbonyl (C=O) groups excluding carboxylic acids is 1. The highest BCUT2D eigenvalue weighted by molar-refractivity contribution is 5.79. The number of piperidine rings is 2. The normalized spacial score (nSPS) is 38.4. The second-order valence-corrected chi connectivity index (χ2v) is 6.13. The molecule has 4 atom stereocenters. The van der Waals surface area contributed by atoms with Crippen molar-refractivity contribution in [1.29, 1.82) is 0 Å². The van der Waals surface area contributed by atoms with Crippen LogP contribution in [0.15, 0.2) is 0 Å². The van der Waals surface area contributed by atoms with Crippen molar-refractivity contribution in [2.45, 2.75) is 45.2 Å². The Balaban J connectivity index is 1.86. The molecule has 0 spiro atoms. The molecular formula is C14H27N3O. The van der Waals surface area contributed by atoms with Gasteiger partial charge in [0.2, 0.25) is 5.91 Å². The number of rotatable bonds is 2. The highest BCUT2D eigenvalue weighted by Crippen LogP contribution is 2.19. The fraction of sp³-hybridized carbons (Fsp3) is 0.929. The number of hydrogen-bond donors (Lipinski definition) is 2. The summed E-state index contributed by atoms with van der Waals surface area (Å²) in [6.45, 7) is 7.59. The molecule has 1 amide bonds. The van der Waals surface area contributed by atoms with E-state index < -0.39 is 0 Å². The maximum atomic E-state index is 12.3. The summed E-state index contributed by atoms with van der Waals surface area (Å²) in [4.78, 5) is 14.7. The minimum atomic E-state index is 0.158. The Morgan fingerprint density at radius 1 is 1.33 bits per heavy atom. The van der Waals surface area contributed by atoms with Crippen LogP contribution in [0.25, 0.3) is 0 Å². The van der Waals surface area contributed by atoms with Crippen LogP contribution in [0.2, 0.25) is 0 Å². The zero-order chi connectivity index (χ0) is 13.1. The topological polar surface area (TPSA) is 44.4 Å². The summed E-state index contributed by atoms with van der Waals surface area (Å²) in [5.74, 6) is 0.973. The quantitative estimate of drug-likeness (QED) is 0.766. The maximum absolute atomic E-state index is 12.3. The smallest absolute Gasteiger partial charge is 0.224 e. The van der Waals surface area contributed by atoms with Crippen LogP contribution in [0.5, 0.6) is 0 Å². The van der Waals surface area contributed by atoms with Crippen LogP contribution in [-0.4, -0.2) is 49.6 Å². The Kier molecular flexibility index (Phi) is 4.62. The second kappa shape index (κ2) is 6.02. The fourth-order valence-electron chi connectivity index (χ4n) is 3.26. The molecule has 2 saturated heterocycles. The molecule has 104 valence electrons. The van der Waals surface area contributed by atoms with Gasteiger partial charge in [-0.15, -0.1) is 0 Å². The molecule has 2 heterocycles. The van der Waals surface area contributed by atoms with Gasteiger partial charge in [0.15, 0.2) is 0 Å². The van der Waals surface area contributed by atoms with Gasteiger partial charge in [-0.1, -0.05) is 6.92 Å². The van der Waals surface area contributed by atoms with Gasteiger partial charge in [-0.25, -0.2) is 0 Å². The average molecular weight is 253 g/mol. The summed E-state index contributed by atoms with van der Waals surface area (Å²) in [5, 5.41) is 6.68. The third-order valence-electron chi connectivity index (χ3n) is 4.53. The first-order valence-electron chi connectivity index (χ1n) is 7.30. The van der Waals surface area contributed by atoms with Crippen LogP contribution in [0.4, 0.5) is 0 Å². The summed E-state index contributed by atoms with van der Waals surface area (Å²) in [6, 6.07) is 0.683. The van der Waals surface area contributed by atoms with E-state index in [0.29, 0.717) is 18.0 Å². The Bertz CT molecular complexity index is 295. The Labute approximate surface area is 110 Å². The molecule has 0 bridgehead atoms. The van der Waals surface area contributed by atoms with Crippen LogP contribution >= 0.6 is 0 Å². The SMILES string of the molecule is CC1CN(C)CCC1NC(=O)C1CCCNC1C. The molecule has 0 aromatic rings. The predicted octanol–water partition coefficient (Wildman–Crippen LogP) is 0.831. The Morgan fingerprint density at radius 2 is 2.11 bits per heavy atom. The second-order valence-electron chi connectivity index (χ2n) is 6.13. The van der Waals surface area contributed by atoms with Crippen LogP contribution < -0.4 is 10.6 Å². The summed E-state index contributed by atoms with van der Waals surface area (Å²) in [7, 11) is 2.15. The highest BCUT2D eigenvalue weighted by atomic mass is 16.2. The van der Waals surface area contributed by atoms with Crippen LogP contribution in [0.1, 0.15) is 33.1 Å². The summed E-state index contributed by atoms with van der Waals surface area (Å²) < 4.78 is 0. The standard InChI is InChI=1S/C14H27N3O/c1-10-9-17(3)8-6-13(10)16-14(18)12-5-4-7-15-11(12)2/h10-13,15H,4-9H2,1-3H3,(H,16,18). The van der Waals surface area contributed by atoms with Crippen molar-refractivity contribution in [3.05, 3.63) is 0 Å². The molecule has 0 aliphatic carbocycles. The molecule has 2 rings (SSSR count). The molecule has 2 aliphatic heterocycles. The third-order valence-corrected chi connectivity index (χ3v) is 4.53. The van der Waals surface area contributed by atoms with E-state index in [2.05, 4.69) is 36.4 Å². The van der Waals surface area contributed by atoms with Crippen molar-refractivity contribution in [1.82, 2.24) is 15.5 Å². The van der Waals surface area contributed by atoms with Crippen molar-refractivity contribution in [3.63, 3.8) is 0 Å². The number of nitrogens with zero attached hydrogens (tertiary/aromatic N) is 1. The fourth-order valence-corrected chi connectivity index (χ4v) is 3.26. The minimum absolute atomic E-state index is 0.158. The van der Waals surface area contributed by atoms with Gasteiger partial charge in [-0.05, 0) is 52.2 Å². The first-order chi connectivity index (χ1) is 8.58. The molecule has 0 saturated carbocycles. The number of carbonyl (C=O) groups is 1. The van der Waals surface area contributed by atoms with Crippen LogP contribution in [0.3, 0.4) is 0 Å². The molecule has 18 heavy (non-hydrogen) atoms. The highest BCUT2D eigenvalue weighted by Gasteiger charge is 2.31. The van der Waals surface area contributed by atoms with E-state index in [1.165, 1.54) is 0 Å². The van der Waals surface area contributed by atoms with Gasteiger partial charge in [0.05, 0.1) is 5.92 Å². The molecule has 4 nitrogen and oxygen atoms in total. The molecule has 0 aromatic heterocycles. The monoisotopic (exact) mass is 253 g/mol. The molecule has 4 unspecified atom stereocenters. The minimum Gasteiger partial charge on any atom is -0.353 e. The summed E-state index contributed by atoms with van der Waals surface area (Å²) in [6.07, 6.45) is 3.23. The van der Waals surface area contributed by atoms with E-state index >= 15 is 0 Å². The van der Waals surface area contributed by atoms with Gasteiger partial charge in [0.25, 0.3) is 0 Å². The molecule has 2 N–H and O–H groups in total. The van der Waals surface area contributed by atoms with E-state index in [-0.39, 0.29) is 11.8 Å². The zero-order valence-corrected chi connectivity index (χ0v) is 11.9. The first kappa shape index (κ1) is 13.8. The Hall–Kier alpha value is -0.610. The predicted molar refractivity (Wildman–Crippen MR) is 73.4 cm³/mol. The largest absolute Gasteiger partial charge is 0.353 e. The number of nitrogens with one attached hydrogen (secondary N) is 2. The lowest BCUT2D eigenvalue weighted by Gasteiger charge is -2.37. The lowest BCUT2D eigenvalue weighted by atomic mass is 9.89. The average Bonchev–Trinajstić information content (AvgIpc) is 2.33. The van der Waals surface area contributed by atoms with Gasteiger partial charge in [-0.3, -0.25) is 4.79 Å². The van der Waals surface area contributed by atoms with Crippen LogP contribution in [-0.2, 0) is 4.79 Å². The van der Waals surface area contributed by atoms with Gasteiger partial charge >= 0.3 is 0 Å². The molecule has 0 aromatic carbocycles. The summed E-state index contributed by atoms with van der Waals surface area (Å²) in [5.41, 5.74) is 0. The van der Waals surface area contributed by atoms with E-state index in [1.54, 1.807) is 0 Å². The van der Waals surface area contributed by atoms with E-state index in [0.717, 1.165) is 38.9 Å². The zero-order valence-electron chi connectivity index (χ0n) is 11.9. The molecule has 0 radical (unpaired) electrons. The van der Waals surface area contributed by atoms with Gasteiger partial charge in [0, 0.05) is 18.6 Å². The van der Waals surface area contributed by atoms with Crippen molar-refractivity contribution in [3.8, 4) is 0 Å². The molecular weight excluding hydrogens is 226 g/mol. The van der Waals surface area contributed by atoms with Crippen molar-refractivity contribution >= 4 is 5.91 Å². The van der Waals surface area contributed by atoms with E-state index in [4.69, 9.17) is 0 Å². The third kappa shape index (κ3) is 3.23. The number of hydrogen-bond acceptors (Lipinski definition) is 3. The Morgan fingerprint density at radius 3 is 2.78 bits per heavy atom. The van der Waals surface area contributed by atoms with Gasteiger partial charge in [0.1, 0.15) is 0 Å². The molecule has 2 fully saturated rings. The molecule has 2 aliphatic rings. The van der Waals surface area contributed by atoms with Crippen LogP contribution in [0, 0.1) is 11.8 Å². The lowest BCUT2D eigenvalue weighted by Crippen LogP contribution is -2.53. The summed E-state index contributed by atoms with van der Waals surface area (Å²) >= 11 is 0.